The van der Waals surface area contributed by atoms with Gasteiger partial charge in [0, 0.05) is 49.6 Å². The summed E-state index contributed by atoms with van der Waals surface area (Å²) in [7, 11) is 0. The maximum absolute atomic E-state index is 8.35. The lowest BCUT2D eigenvalue weighted by molar-refractivity contribution is 1.16. The zero-order valence-corrected chi connectivity index (χ0v) is 28.3. The minimum absolute atomic E-state index is 0.928. The Bertz CT molecular complexity index is 3270. The highest BCUT2D eigenvalue weighted by molar-refractivity contribution is 6.19. The second kappa shape index (κ2) is 10.8. The van der Waals surface area contributed by atoms with Crippen molar-refractivity contribution in [3.8, 4) is 33.6 Å². The van der Waals surface area contributed by atoms with E-state index in [0.717, 1.165) is 55.1 Å². The third kappa shape index (κ3) is 3.88. The summed E-state index contributed by atoms with van der Waals surface area (Å²) in [6, 6.07) is 59.1. The van der Waals surface area contributed by atoms with Gasteiger partial charge in [-0.2, -0.15) is 0 Å². The number of rotatable bonds is 4. The fourth-order valence-electron chi connectivity index (χ4n) is 8.83. The van der Waals surface area contributed by atoms with Crippen molar-refractivity contribution in [3.63, 3.8) is 0 Å². The third-order valence-corrected chi connectivity index (χ3v) is 11.1. The highest BCUT2D eigenvalue weighted by atomic mass is 15.0. The zero-order valence-electron chi connectivity index (χ0n) is 28.3. The fraction of sp³-hybridized carbons (Fsp3) is 0. The highest BCUT2D eigenvalue weighted by Gasteiger charge is 2.22. The maximum Gasteiger partial charge on any atom is 0.0619 e. The van der Waals surface area contributed by atoms with Gasteiger partial charge in [0.2, 0.25) is 0 Å². The van der Waals surface area contributed by atoms with E-state index in [1.165, 1.54) is 60.7 Å². The minimum atomic E-state index is 0.928. The monoisotopic (exact) mass is 661 g/mol. The van der Waals surface area contributed by atoms with Gasteiger partial charge in [-0.1, -0.05) is 122 Å². The van der Waals surface area contributed by atoms with Gasteiger partial charge in [-0.15, -0.1) is 0 Å². The van der Waals surface area contributed by atoms with Crippen LogP contribution in [0.15, 0.2) is 164 Å². The molecule has 3 heteroatoms. The Labute approximate surface area is 299 Å². The van der Waals surface area contributed by atoms with Crippen LogP contribution in [-0.4, -0.2) is 15.3 Å². The number of aromatic nitrogens is 2. The first-order chi connectivity index (χ1) is 25.7. The van der Waals surface area contributed by atoms with E-state index in [2.05, 4.69) is 173 Å². The van der Waals surface area contributed by atoms with Crippen LogP contribution in [0.3, 0.4) is 0 Å². The summed E-state index contributed by atoms with van der Waals surface area (Å²) >= 11 is 0. The van der Waals surface area contributed by atoms with E-state index < -0.39 is 0 Å². The predicted octanol–water partition coefficient (Wildman–Crippen LogP) is 10.9. The molecular weight excluding hydrogens is 631 g/mol. The Morgan fingerprint density at radius 1 is 0.462 bits per heavy atom. The van der Waals surface area contributed by atoms with Crippen LogP contribution in [0.5, 0.6) is 0 Å². The lowest BCUT2D eigenvalue weighted by atomic mass is 10.00. The first-order valence-corrected chi connectivity index (χ1v) is 17.7. The first-order valence-electron chi connectivity index (χ1n) is 17.7. The van der Waals surface area contributed by atoms with Crippen LogP contribution < -0.4 is 10.4 Å². The van der Waals surface area contributed by atoms with Crippen molar-refractivity contribution in [2.45, 2.75) is 0 Å². The molecule has 242 valence electrons. The maximum atomic E-state index is 8.35. The van der Waals surface area contributed by atoms with Crippen molar-refractivity contribution < 1.29 is 0 Å². The molecule has 0 unspecified atom stereocenters. The summed E-state index contributed by atoms with van der Waals surface area (Å²) in [5, 5.41) is 17.7. The Kier molecular flexibility index (Phi) is 5.97. The third-order valence-electron chi connectivity index (χ3n) is 11.1. The van der Waals surface area contributed by atoms with E-state index in [9.17, 15) is 0 Å². The van der Waals surface area contributed by atoms with Gasteiger partial charge >= 0.3 is 0 Å². The Morgan fingerprint density at radius 3 is 1.88 bits per heavy atom. The summed E-state index contributed by atoms with van der Waals surface area (Å²) in [6.45, 7) is 4.66. The molecule has 0 saturated heterocycles. The summed E-state index contributed by atoms with van der Waals surface area (Å²) in [4.78, 5) is 0. The van der Waals surface area contributed by atoms with Gasteiger partial charge in [0.25, 0.3) is 0 Å². The van der Waals surface area contributed by atoms with E-state index in [4.69, 9.17) is 5.41 Å². The number of nitrogens with one attached hydrogen (secondary N) is 1. The molecule has 0 radical (unpaired) electrons. The van der Waals surface area contributed by atoms with Crippen LogP contribution in [0.25, 0.3) is 100 Å². The number of hydrogen-bond acceptors (Lipinski definition) is 1. The lowest BCUT2D eigenvalue weighted by Crippen LogP contribution is -2.30. The van der Waals surface area contributed by atoms with Crippen LogP contribution in [0.1, 0.15) is 5.56 Å². The molecule has 2 aromatic heterocycles. The van der Waals surface area contributed by atoms with E-state index >= 15 is 0 Å². The fourth-order valence-corrected chi connectivity index (χ4v) is 8.83. The Hall–Kier alpha value is -6.97. The van der Waals surface area contributed by atoms with Crippen molar-refractivity contribution >= 4 is 72.8 Å². The van der Waals surface area contributed by atoms with Gasteiger partial charge in [0.1, 0.15) is 0 Å². The number of benzene rings is 8. The van der Waals surface area contributed by atoms with Crippen molar-refractivity contribution in [1.82, 2.24) is 9.13 Å². The predicted molar refractivity (Wildman–Crippen MR) is 220 cm³/mol. The molecular formula is C49H31N3. The normalized spacial score (nSPS) is 12.3. The minimum Gasteiger partial charge on any atom is -0.309 e. The molecule has 8 aromatic carbocycles. The quantitative estimate of drug-likeness (QED) is 0.182. The van der Waals surface area contributed by atoms with Gasteiger partial charge in [0.15, 0.2) is 0 Å². The molecule has 3 nitrogen and oxygen atoms in total. The number of nitrogens with zero attached hydrogens (tertiary/aromatic N) is 2. The average Bonchev–Trinajstić information content (AvgIpc) is 3.84. The topological polar surface area (TPSA) is 33.7 Å². The molecule has 52 heavy (non-hydrogen) atoms. The molecule has 1 N–H and O–H groups in total. The molecule has 11 rings (SSSR count). The van der Waals surface area contributed by atoms with E-state index in [1.807, 2.05) is 6.07 Å². The summed E-state index contributed by atoms with van der Waals surface area (Å²) in [6.07, 6.45) is 1.48. The van der Waals surface area contributed by atoms with Gasteiger partial charge in [0.05, 0.1) is 27.8 Å². The van der Waals surface area contributed by atoms with Crippen LogP contribution in [0, 0.1) is 5.41 Å². The van der Waals surface area contributed by atoms with Crippen molar-refractivity contribution in [1.29, 1.82) is 5.41 Å². The van der Waals surface area contributed by atoms with Gasteiger partial charge in [-0.3, -0.25) is 0 Å². The Morgan fingerprint density at radius 2 is 1.10 bits per heavy atom. The molecule has 10 aromatic rings. The SMILES string of the molecule is C=c1c(-n2c3ccccc3c3cc(-c4ccc5c(c4)c4ccc6ccccc6c4n5-c4ccccc4)ccc32)ccc2c1=C(C=N)c1ccccc1-2. The van der Waals surface area contributed by atoms with Crippen molar-refractivity contribution in [2.75, 3.05) is 0 Å². The molecule has 0 spiro atoms. The van der Waals surface area contributed by atoms with Crippen molar-refractivity contribution in [3.05, 3.63) is 180 Å². The average molecular weight is 662 g/mol. The summed E-state index contributed by atoms with van der Waals surface area (Å²) < 4.78 is 4.77. The molecule has 0 fully saturated rings. The van der Waals surface area contributed by atoms with E-state index in [0.29, 0.717) is 0 Å². The largest absolute Gasteiger partial charge is 0.309 e. The standard InChI is InChI=1S/C49H31N3/c1-30-44(26-23-39-36-15-7-8-16-37(36)43(29-50)48(30)39)52-45-18-10-9-17-38(45)41-27-32(21-25-47(41)52)33-20-24-46-42(28-33)40-22-19-31-11-5-6-14-35(31)49(40)51(46)34-12-3-2-4-13-34/h2-29,50H,1H2. The number of fused-ring (bicyclic) bond motifs is 11. The molecule has 0 aliphatic heterocycles. The molecule has 1 aliphatic carbocycles. The van der Waals surface area contributed by atoms with E-state index in [1.54, 1.807) is 0 Å². The molecule has 0 atom stereocenters. The number of para-hydroxylation sites is 2. The van der Waals surface area contributed by atoms with Crippen LogP contribution in [-0.2, 0) is 0 Å². The molecule has 0 saturated carbocycles. The second-order valence-electron chi connectivity index (χ2n) is 13.8. The van der Waals surface area contributed by atoms with Crippen LogP contribution >= 0.6 is 0 Å². The molecule has 0 bridgehead atoms. The lowest BCUT2D eigenvalue weighted by Gasteiger charge is -2.11. The molecule has 1 aliphatic rings. The summed E-state index contributed by atoms with van der Waals surface area (Å²) in [5.41, 5.74) is 13.6. The highest BCUT2D eigenvalue weighted by Crippen LogP contribution is 2.40. The van der Waals surface area contributed by atoms with Crippen LogP contribution in [0.2, 0.25) is 0 Å². The smallest absolute Gasteiger partial charge is 0.0619 e. The first kappa shape index (κ1) is 28.8. The van der Waals surface area contributed by atoms with Gasteiger partial charge < -0.3 is 14.5 Å². The summed E-state index contributed by atoms with van der Waals surface area (Å²) in [5.74, 6) is 0. The van der Waals surface area contributed by atoms with Crippen LogP contribution in [0.4, 0.5) is 0 Å². The van der Waals surface area contributed by atoms with Gasteiger partial charge in [-0.05, 0) is 87.0 Å². The molecule has 0 amide bonds. The van der Waals surface area contributed by atoms with Crippen molar-refractivity contribution in [2.24, 2.45) is 0 Å². The second-order valence-corrected chi connectivity index (χ2v) is 13.8. The Balaban J connectivity index is 1.14. The number of hydrogen-bond donors (Lipinski definition) is 1. The molecule has 2 heterocycles. The zero-order chi connectivity index (χ0) is 34.5. The van der Waals surface area contributed by atoms with E-state index in [-0.39, 0.29) is 0 Å². The van der Waals surface area contributed by atoms with Gasteiger partial charge in [-0.25, -0.2) is 0 Å².